The summed E-state index contributed by atoms with van der Waals surface area (Å²) in [6.07, 6.45) is 2.22. The minimum Gasteiger partial charge on any atom is -0.369 e. The lowest BCUT2D eigenvalue weighted by Crippen LogP contribution is -2.38. The molecular formula is C24H25F2N4O3+. The molecule has 1 N–H and O–H groups in total. The van der Waals surface area contributed by atoms with Gasteiger partial charge in [0.2, 0.25) is 5.91 Å². The van der Waals surface area contributed by atoms with Crippen LogP contribution < -0.4 is 10.2 Å². The van der Waals surface area contributed by atoms with E-state index in [1.54, 1.807) is 13.0 Å². The second kappa shape index (κ2) is 8.20. The van der Waals surface area contributed by atoms with E-state index in [0.29, 0.717) is 35.5 Å². The number of hydrogen-bond acceptors (Lipinski definition) is 4. The number of halogens is 2. The van der Waals surface area contributed by atoms with Crippen LogP contribution in [0.2, 0.25) is 0 Å². The van der Waals surface area contributed by atoms with E-state index in [0.717, 1.165) is 19.4 Å². The number of carbonyl (C=O) groups excluding carboxylic acids is 2. The highest BCUT2D eigenvalue weighted by Crippen LogP contribution is 2.36. The number of rotatable bonds is 4. The first-order valence-corrected chi connectivity index (χ1v) is 11.2. The number of anilines is 2. The second-order valence-corrected chi connectivity index (χ2v) is 9.00. The van der Waals surface area contributed by atoms with E-state index >= 15 is 0 Å². The molecule has 0 spiro atoms. The molecule has 3 aliphatic rings. The van der Waals surface area contributed by atoms with Crippen LogP contribution in [-0.4, -0.2) is 53.2 Å². The predicted molar refractivity (Wildman–Crippen MR) is 119 cm³/mol. The Hall–Kier alpha value is -3.36. The molecule has 3 aliphatic heterocycles. The van der Waals surface area contributed by atoms with Crippen molar-refractivity contribution in [2.24, 2.45) is 0 Å². The van der Waals surface area contributed by atoms with Gasteiger partial charge in [-0.1, -0.05) is 0 Å². The molecule has 5 rings (SSSR count). The lowest BCUT2D eigenvalue weighted by molar-refractivity contribution is -0.480. The maximum absolute atomic E-state index is 14.4. The van der Waals surface area contributed by atoms with Crippen molar-refractivity contribution in [2.45, 2.75) is 44.7 Å². The van der Waals surface area contributed by atoms with Crippen molar-refractivity contribution in [3.63, 3.8) is 0 Å². The van der Waals surface area contributed by atoms with Gasteiger partial charge in [0.1, 0.15) is 11.6 Å². The van der Waals surface area contributed by atoms with Crippen LogP contribution in [0.3, 0.4) is 0 Å². The van der Waals surface area contributed by atoms with Gasteiger partial charge in [-0.05, 0) is 50.1 Å². The highest BCUT2D eigenvalue weighted by molar-refractivity contribution is 5.95. The lowest BCUT2D eigenvalue weighted by Gasteiger charge is -2.25. The van der Waals surface area contributed by atoms with E-state index in [4.69, 9.17) is 0 Å². The highest BCUT2D eigenvalue weighted by atomic mass is 19.1. The lowest BCUT2D eigenvalue weighted by atomic mass is 10.1. The Balaban J connectivity index is 1.31. The molecule has 0 aromatic heterocycles. The molecule has 172 valence electrons. The Morgan fingerprint density at radius 2 is 2.00 bits per heavy atom. The molecule has 7 nitrogen and oxygen atoms in total. The molecule has 3 heterocycles. The summed E-state index contributed by atoms with van der Waals surface area (Å²) in [6.45, 7) is 3.74. The fourth-order valence-corrected chi connectivity index (χ4v) is 5.20. The fraction of sp³-hybridized carbons (Fsp3) is 0.417. The van der Waals surface area contributed by atoms with E-state index < -0.39 is 23.6 Å². The number of fused-ring (bicyclic) bond motifs is 1. The van der Waals surface area contributed by atoms with Crippen molar-refractivity contribution in [3.05, 3.63) is 58.0 Å². The zero-order valence-corrected chi connectivity index (χ0v) is 18.3. The van der Waals surface area contributed by atoms with Crippen LogP contribution in [0.5, 0.6) is 0 Å². The van der Waals surface area contributed by atoms with Crippen LogP contribution in [0, 0.1) is 23.5 Å². The van der Waals surface area contributed by atoms with Crippen LogP contribution in [0.15, 0.2) is 30.3 Å². The molecule has 2 fully saturated rings. The summed E-state index contributed by atoms with van der Waals surface area (Å²) >= 11 is 0. The molecule has 0 aliphatic carbocycles. The Morgan fingerprint density at radius 1 is 1.18 bits per heavy atom. The zero-order chi connectivity index (χ0) is 23.3. The summed E-state index contributed by atoms with van der Waals surface area (Å²) in [5, 5.41) is 2.63. The van der Waals surface area contributed by atoms with E-state index in [9.17, 15) is 23.3 Å². The number of nitrogens with zero attached hydrogens (tertiary/aromatic N) is 3. The van der Waals surface area contributed by atoms with Gasteiger partial charge in [-0.25, -0.2) is 8.78 Å². The first-order valence-electron chi connectivity index (χ1n) is 11.2. The summed E-state index contributed by atoms with van der Waals surface area (Å²) in [5.74, 6) is -1.47. The number of aryl methyl sites for hydroxylation is 1. The number of nitrogens with one attached hydrogen (secondary N) is 1. The first-order chi connectivity index (χ1) is 15.8. The van der Waals surface area contributed by atoms with Gasteiger partial charge in [-0.15, -0.1) is 0 Å². The predicted octanol–water partition coefficient (Wildman–Crippen LogP) is 3.45. The molecule has 9 heteroatoms. The molecule has 2 atom stereocenters. The maximum Gasteiger partial charge on any atom is 0.298 e. The van der Waals surface area contributed by atoms with Crippen LogP contribution in [0.4, 0.5) is 25.8 Å². The summed E-state index contributed by atoms with van der Waals surface area (Å²) in [6, 6.07) is 6.04. The Kier molecular flexibility index (Phi) is 5.34. The Bertz CT molecular complexity index is 1170. The van der Waals surface area contributed by atoms with Crippen LogP contribution in [0.25, 0.3) is 0 Å². The Morgan fingerprint density at radius 3 is 2.73 bits per heavy atom. The number of carbonyl (C=O) groups is 2. The molecule has 33 heavy (non-hydrogen) atoms. The number of amides is 2. The van der Waals surface area contributed by atoms with E-state index in [2.05, 4.69) is 5.32 Å². The van der Waals surface area contributed by atoms with Gasteiger partial charge in [-0.3, -0.25) is 9.59 Å². The molecule has 2 amide bonds. The third-order valence-corrected chi connectivity index (χ3v) is 6.86. The smallest absolute Gasteiger partial charge is 0.298 e. The van der Waals surface area contributed by atoms with Crippen molar-refractivity contribution in [1.29, 1.82) is 0 Å². The molecule has 0 radical (unpaired) electrons. The summed E-state index contributed by atoms with van der Waals surface area (Å²) in [7, 11) is 0. The molecule has 2 aromatic carbocycles. The van der Waals surface area contributed by atoms with Gasteiger partial charge in [-0.2, -0.15) is 0 Å². The Labute approximate surface area is 189 Å². The van der Waals surface area contributed by atoms with Gasteiger partial charge in [0.15, 0.2) is 0 Å². The standard InChI is InChI=1S/C24H24F2N4O3/c1-14-4-5-20(26)19-12-21(30(33)23(14)19)24(32)27-16-9-15(25)10-18(11-16)28-8-6-17(13-28)29-7-2-3-22(29)31/h4-5,9-11,17,21H,2-3,6-8,12-13H2,1H3/p+1/t17-,21?/m0/s1. The molecular weight excluding hydrogens is 430 g/mol. The average Bonchev–Trinajstić information content (AvgIpc) is 3.49. The van der Waals surface area contributed by atoms with E-state index in [-0.39, 0.29) is 35.3 Å². The molecule has 0 saturated carbocycles. The van der Waals surface area contributed by atoms with Gasteiger partial charge in [0.25, 0.3) is 17.6 Å². The van der Waals surface area contributed by atoms with Gasteiger partial charge in [0.05, 0.1) is 22.8 Å². The number of likely N-dealkylation sites (tertiary alicyclic amines) is 1. The summed E-state index contributed by atoms with van der Waals surface area (Å²) < 4.78 is 29.1. The van der Waals surface area contributed by atoms with Crippen molar-refractivity contribution in [1.82, 2.24) is 4.90 Å². The van der Waals surface area contributed by atoms with Crippen molar-refractivity contribution in [2.75, 3.05) is 29.9 Å². The minimum atomic E-state index is -1.13. The highest BCUT2D eigenvalue weighted by Gasteiger charge is 2.46. The van der Waals surface area contributed by atoms with Crippen LogP contribution in [-0.2, 0) is 16.0 Å². The number of benzene rings is 2. The van der Waals surface area contributed by atoms with Crippen LogP contribution in [0.1, 0.15) is 30.4 Å². The largest absolute Gasteiger partial charge is 0.369 e. The van der Waals surface area contributed by atoms with Crippen molar-refractivity contribution < 1.29 is 23.1 Å². The molecule has 1 unspecified atom stereocenters. The second-order valence-electron chi connectivity index (χ2n) is 9.00. The summed E-state index contributed by atoms with van der Waals surface area (Å²) in [4.78, 5) is 41.5. The number of nitroso groups, excluding NO2 is 1. The first kappa shape index (κ1) is 21.5. The van der Waals surface area contributed by atoms with Gasteiger partial charge in [0, 0.05) is 47.9 Å². The zero-order valence-electron chi connectivity index (χ0n) is 18.3. The number of hydrogen-bond donors (Lipinski definition) is 1. The SMILES string of the molecule is Cc1ccc(F)c2c1[N+](=O)C(C(=O)Nc1cc(F)cc(N3CC[C@H](N4CCCC4=O)C3)c1)C2. The fourth-order valence-electron chi connectivity index (χ4n) is 5.20. The monoisotopic (exact) mass is 455 g/mol. The molecule has 2 aromatic rings. The minimum absolute atomic E-state index is 0.0436. The third kappa shape index (κ3) is 3.85. The van der Waals surface area contributed by atoms with Gasteiger partial charge < -0.3 is 15.1 Å². The maximum atomic E-state index is 14.4. The molecule has 2 saturated heterocycles. The quantitative estimate of drug-likeness (QED) is 0.717. The molecule has 0 bridgehead atoms. The van der Waals surface area contributed by atoms with Crippen molar-refractivity contribution >= 4 is 28.9 Å². The van der Waals surface area contributed by atoms with E-state index in [1.807, 2.05) is 9.80 Å². The third-order valence-electron chi connectivity index (χ3n) is 6.86. The van der Waals surface area contributed by atoms with Crippen LogP contribution >= 0.6 is 0 Å². The van der Waals surface area contributed by atoms with Gasteiger partial charge >= 0.3 is 0 Å². The summed E-state index contributed by atoms with van der Waals surface area (Å²) in [5.41, 5.74) is 1.86. The van der Waals surface area contributed by atoms with E-state index in [1.165, 1.54) is 24.3 Å². The average molecular weight is 455 g/mol. The topological polar surface area (TPSA) is 72.7 Å². The van der Waals surface area contributed by atoms with Crippen molar-refractivity contribution in [3.8, 4) is 0 Å². The normalized spacial score (nSPS) is 22.3.